The number of halogens is 2. The standard InChI is InChI=1S/C17H15Cl2NO3S/c1-23-17(22)13-4-2-3-5-15(13)20-16(21)10-24-9-11-6-7-12(18)8-14(11)19/h2-8H,9-10H2,1H3,(H,20,21). The first-order chi connectivity index (χ1) is 11.5. The number of ether oxygens (including phenoxy) is 1. The first-order valence-corrected chi connectivity index (χ1v) is 8.91. The lowest BCUT2D eigenvalue weighted by Crippen LogP contribution is -2.17. The van der Waals surface area contributed by atoms with E-state index < -0.39 is 5.97 Å². The molecule has 4 nitrogen and oxygen atoms in total. The summed E-state index contributed by atoms with van der Waals surface area (Å²) >= 11 is 13.4. The van der Waals surface area contributed by atoms with E-state index in [4.69, 9.17) is 27.9 Å². The Morgan fingerprint density at radius 2 is 1.92 bits per heavy atom. The van der Waals surface area contributed by atoms with Gasteiger partial charge in [0, 0.05) is 15.8 Å². The van der Waals surface area contributed by atoms with Crippen molar-refractivity contribution in [3.63, 3.8) is 0 Å². The highest BCUT2D eigenvalue weighted by atomic mass is 35.5. The summed E-state index contributed by atoms with van der Waals surface area (Å²) < 4.78 is 4.70. The number of benzene rings is 2. The van der Waals surface area contributed by atoms with Crippen molar-refractivity contribution in [2.45, 2.75) is 5.75 Å². The van der Waals surface area contributed by atoms with Crippen molar-refractivity contribution in [2.75, 3.05) is 18.2 Å². The van der Waals surface area contributed by atoms with Crippen LogP contribution in [0.4, 0.5) is 5.69 Å². The van der Waals surface area contributed by atoms with Crippen LogP contribution in [0.15, 0.2) is 42.5 Å². The third kappa shape index (κ3) is 5.16. The van der Waals surface area contributed by atoms with E-state index in [2.05, 4.69) is 5.32 Å². The van der Waals surface area contributed by atoms with Crippen LogP contribution in [0.2, 0.25) is 10.0 Å². The van der Waals surface area contributed by atoms with Crippen molar-refractivity contribution in [3.8, 4) is 0 Å². The molecular weight excluding hydrogens is 369 g/mol. The Morgan fingerprint density at radius 1 is 1.17 bits per heavy atom. The number of carbonyl (C=O) groups is 2. The lowest BCUT2D eigenvalue weighted by molar-refractivity contribution is -0.113. The Morgan fingerprint density at radius 3 is 2.62 bits per heavy atom. The van der Waals surface area contributed by atoms with E-state index in [-0.39, 0.29) is 11.7 Å². The number of amides is 1. The normalized spacial score (nSPS) is 10.3. The number of hydrogen-bond acceptors (Lipinski definition) is 4. The minimum absolute atomic E-state index is 0.207. The number of para-hydroxylation sites is 1. The zero-order chi connectivity index (χ0) is 17.5. The minimum Gasteiger partial charge on any atom is -0.465 e. The monoisotopic (exact) mass is 383 g/mol. The molecule has 0 heterocycles. The summed E-state index contributed by atoms with van der Waals surface area (Å²) in [7, 11) is 1.30. The Hall–Kier alpha value is -1.69. The zero-order valence-corrected chi connectivity index (χ0v) is 15.2. The van der Waals surface area contributed by atoms with E-state index >= 15 is 0 Å². The average Bonchev–Trinajstić information content (AvgIpc) is 2.56. The summed E-state index contributed by atoms with van der Waals surface area (Å²) in [6.07, 6.45) is 0. The Bertz CT molecular complexity index is 752. The van der Waals surface area contributed by atoms with E-state index in [9.17, 15) is 9.59 Å². The van der Waals surface area contributed by atoms with Crippen LogP contribution >= 0.6 is 35.0 Å². The molecule has 0 bridgehead atoms. The van der Waals surface area contributed by atoms with E-state index in [1.165, 1.54) is 18.9 Å². The van der Waals surface area contributed by atoms with E-state index in [1.807, 2.05) is 6.07 Å². The van der Waals surface area contributed by atoms with Crippen molar-refractivity contribution in [2.24, 2.45) is 0 Å². The summed E-state index contributed by atoms with van der Waals surface area (Å²) in [5, 5.41) is 3.87. The number of methoxy groups -OCH3 is 1. The van der Waals surface area contributed by atoms with Gasteiger partial charge in [-0.3, -0.25) is 4.79 Å². The smallest absolute Gasteiger partial charge is 0.339 e. The van der Waals surface area contributed by atoms with Gasteiger partial charge in [0.1, 0.15) is 0 Å². The van der Waals surface area contributed by atoms with Crippen LogP contribution in [0, 0.1) is 0 Å². The van der Waals surface area contributed by atoms with Gasteiger partial charge in [-0.05, 0) is 29.8 Å². The highest BCUT2D eigenvalue weighted by Crippen LogP contribution is 2.25. The van der Waals surface area contributed by atoms with Crippen molar-refractivity contribution in [1.29, 1.82) is 0 Å². The number of hydrogen-bond donors (Lipinski definition) is 1. The van der Waals surface area contributed by atoms with Crippen LogP contribution in [0.5, 0.6) is 0 Å². The summed E-state index contributed by atoms with van der Waals surface area (Å²) in [6.45, 7) is 0. The van der Waals surface area contributed by atoms with Gasteiger partial charge in [-0.25, -0.2) is 4.79 Å². The summed E-state index contributed by atoms with van der Waals surface area (Å²) in [4.78, 5) is 23.7. The number of thioether (sulfide) groups is 1. The second-order valence-corrected chi connectivity index (χ2v) is 6.64. The minimum atomic E-state index is -0.494. The van der Waals surface area contributed by atoms with E-state index in [0.717, 1.165) is 5.56 Å². The second kappa shape index (κ2) is 8.97. The molecule has 2 rings (SSSR count). The van der Waals surface area contributed by atoms with Gasteiger partial charge >= 0.3 is 5.97 Å². The number of nitrogens with one attached hydrogen (secondary N) is 1. The van der Waals surface area contributed by atoms with Crippen LogP contribution in [-0.4, -0.2) is 24.7 Å². The SMILES string of the molecule is COC(=O)c1ccccc1NC(=O)CSCc1ccc(Cl)cc1Cl. The Balaban J connectivity index is 1.91. The molecule has 7 heteroatoms. The molecule has 0 spiro atoms. The van der Waals surface area contributed by atoms with Crippen LogP contribution in [0.3, 0.4) is 0 Å². The molecule has 0 aliphatic rings. The first kappa shape index (κ1) is 18.6. The fourth-order valence-electron chi connectivity index (χ4n) is 1.96. The molecule has 24 heavy (non-hydrogen) atoms. The van der Waals surface area contributed by atoms with Gasteiger partial charge in [0.15, 0.2) is 0 Å². The van der Waals surface area contributed by atoms with E-state index in [1.54, 1.807) is 36.4 Å². The molecule has 0 atom stereocenters. The summed E-state index contributed by atoms with van der Waals surface area (Å²) in [5.74, 6) is 0.115. The van der Waals surface area contributed by atoms with Crippen molar-refractivity contribution in [3.05, 3.63) is 63.6 Å². The molecule has 2 aromatic rings. The number of anilines is 1. The summed E-state index contributed by atoms with van der Waals surface area (Å²) in [6, 6.07) is 12.0. The molecule has 1 N–H and O–H groups in total. The van der Waals surface area contributed by atoms with Gasteiger partial charge in [-0.2, -0.15) is 0 Å². The molecule has 0 saturated heterocycles. The first-order valence-electron chi connectivity index (χ1n) is 7.00. The van der Waals surface area contributed by atoms with Gasteiger partial charge in [0.2, 0.25) is 5.91 Å². The van der Waals surface area contributed by atoms with Crippen LogP contribution in [0.1, 0.15) is 15.9 Å². The van der Waals surface area contributed by atoms with Crippen LogP contribution in [0.25, 0.3) is 0 Å². The molecule has 0 aromatic heterocycles. The van der Waals surface area contributed by atoms with Gasteiger partial charge < -0.3 is 10.1 Å². The Labute approximate surface area is 154 Å². The molecule has 0 unspecified atom stereocenters. The molecule has 0 saturated carbocycles. The molecule has 0 fully saturated rings. The van der Waals surface area contributed by atoms with Crippen LogP contribution in [-0.2, 0) is 15.3 Å². The molecule has 1 amide bonds. The predicted octanol–water partition coefficient (Wildman–Crippen LogP) is 4.65. The van der Waals surface area contributed by atoms with Crippen LogP contribution < -0.4 is 5.32 Å². The maximum absolute atomic E-state index is 12.1. The quantitative estimate of drug-likeness (QED) is 0.737. The third-order valence-corrected chi connectivity index (χ3v) is 4.68. The Kier molecular flexibility index (Phi) is 6.97. The molecule has 2 aromatic carbocycles. The highest BCUT2D eigenvalue weighted by molar-refractivity contribution is 7.99. The maximum Gasteiger partial charge on any atom is 0.339 e. The molecule has 0 aliphatic carbocycles. The number of rotatable bonds is 6. The summed E-state index contributed by atoms with van der Waals surface area (Å²) in [5.41, 5.74) is 1.66. The zero-order valence-electron chi connectivity index (χ0n) is 12.8. The van der Waals surface area contributed by atoms with E-state index in [0.29, 0.717) is 27.0 Å². The number of esters is 1. The largest absolute Gasteiger partial charge is 0.465 e. The maximum atomic E-state index is 12.1. The van der Waals surface area contributed by atoms with Gasteiger partial charge in [-0.1, -0.05) is 41.4 Å². The molecule has 126 valence electrons. The number of carbonyl (C=O) groups excluding carboxylic acids is 2. The average molecular weight is 384 g/mol. The van der Waals surface area contributed by atoms with Gasteiger partial charge in [-0.15, -0.1) is 11.8 Å². The topological polar surface area (TPSA) is 55.4 Å². The van der Waals surface area contributed by atoms with Gasteiger partial charge in [0.05, 0.1) is 24.1 Å². The highest BCUT2D eigenvalue weighted by Gasteiger charge is 2.13. The van der Waals surface area contributed by atoms with Gasteiger partial charge in [0.25, 0.3) is 0 Å². The molecule has 0 aliphatic heterocycles. The fraction of sp³-hybridized carbons (Fsp3) is 0.176. The lowest BCUT2D eigenvalue weighted by Gasteiger charge is -2.09. The third-order valence-electron chi connectivity index (χ3n) is 3.11. The second-order valence-electron chi connectivity index (χ2n) is 4.81. The lowest BCUT2D eigenvalue weighted by atomic mass is 10.2. The molecular formula is C17H15Cl2NO3S. The molecule has 0 radical (unpaired) electrons. The predicted molar refractivity (Wildman–Crippen MR) is 99.0 cm³/mol. The van der Waals surface area contributed by atoms with Crippen molar-refractivity contribution in [1.82, 2.24) is 0 Å². The fourth-order valence-corrected chi connectivity index (χ4v) is 3.34. The van der Waals surface area contributed by atoms with Crippen molar-refractivity contribution >= 4 is 52.5 Å². The van der Waals surface area contributed by atoms with Crippen molar-refractivity contribution < 1.29 is 14.3 Å².